The number of anilines is 1. The summed E-state index contributed by atoms with van der Waals surface area (Å²) >= 11 is 3.27. The van der Waals surface area contributed by atoms with Crippen molar-refractivity contribution in [1.82, 2.24) is 5.32 Å². The summed E-state index contributed by atoms with van der Waals surface area (Å²) in [5.41, 5.74) is 0.177. The van der Waals surface area contributed by atoms with Gasteiger partial charge in [0.25, 0.3) is 0 Å². The van der Waals surface area contributed by atoms with Gasteiger partial charge in [-0.15, -0.1) is 0 Å². The van der Waals surface area contributed by atoms with Crippen LogP contribution in [0.5, 0.6) is 0 Å². The topological polar surface area (TPSA) is 102 Å². The Bertz CT molecular complexity index is 620. The zero-order chi connectivity index (χ0) is 15.5. The molecule has 1 saturated carbocycles. The first kappa shape index (κ1) is 15.3. The lowest BCUT2D eigenvalue weighted by Crippen LogP contribution is -2.48. The summed E-state index contributed by atoms with van der Waals surface area (Å²) in [6.07, 6.45) is 2.04. The minimum atomic E-state index is -0.867. The van der Waals surface area contributed by atoms with Gasteiger partial charge in [0.1, 0.15) is 0 Å². The van der Waals surface area contributed by atoms with Crippen LogP contribution in [0.4, 0.5) is 10.5 Å². The Morgan fingerprint density at radius 3 is 2.62 bits per heavy atom. The largest absolute Gasteiger partial charge is 0.481 e. The van der Waals surface area contributed by atoms with Crippen molar-refractivity contribution in [1.29, 1.82) is 5.26 Å². The lowest BCUT2D eigenvalue weighted by Gasteiger charge is -2.37. The Labute approximate surface area is 130 Å². The fraction of sp³-hybridized carbons (Fsp3) is 0.357. The van der Waals surface area contributed by atoms with Crippen molar-refractivity contribution in [2.24, 2.45) is 5.41 Å². The molecule has 6 nitrogen and oxygen atoms in total. The van der Waals surface area contributed by atoms with Crippen LogP contribution >= 0.6 is 15.9 Å². The highest BCUT2D eigenvalue weighted by Gasteiger charge is 2.44. The molecule has 0 spiro atoms. The molecule has 0 heterocycles. The number of nitriles is 1. The van der Waals surface area contributed by atoms with E-state index in [9.17, 15) is 14.7 Å². The van der Waals surface area contributed by atoms with Crippen LogP contribution in [-0.2, 0) is 4.79 Å². The Morgan fingerprint density at radius 2 is 2.14 bits per heavy atom. The summed E-state index contributed by atoms with van der Waals surface area (Å²) < 4.78 is 0.591. The van der Waals surface area contributed by atoms with E-state index in [4.69, 9.17) is 5.26 Å². The molecular formula is C14H14BrN3O3. The highest BCUT2D eigenvalue weighted by Crippen LogP contribution is 2.40. The number of carboxylic acid groups (broad SMARTS) is 1. The van der Waals surface area contributed by atoms with Crippen LogP contribution < -0.4 is 10.6 Å². The minimum Gasteiger partial charge on any atom is -0.481 e. The van der Waals surface area contributed by atoms with Crippen LogP contribution in [0.25, 0.3) is 0 Å². The molecule has 0 aromatic heterocycles. The Morgan fingerprint density at radius 1 is 1.43 bits per heavy atom. The molecule has 1 aromatic carbocycles. The highest BCUT2D eigenvalue weighted by molar-refractivity contribution is 9.10. The SMILES string of the molecule is N#Cc1ccc(NC(=O)NCC2(C(=O)O)CCC2)c(Br)c1. The van der Waals surface area contributed by atoms with E-state index < -0.39 is 17.4 Å². The molecule has 7 heteroatoms. The Balaban J connectivity index is 1.93. The van der Waals surface area contributed by atoms with Crippen LogP contribution in [0.15, 0.2) is 22.7 Å². The summed E-state index contributed by atoms with van der Waals surface area (Å²) in [6, 6.07) is 6.33. The van der Waals surface area contributed by atoms with Gasteiger partial charge >= 0.3 is 12.0 Å². The van der Waals surface area contributed by atoms with Crippen molar-refractivity contribution < 1.29 is 14.7 Å². The van der Waals surface area contributed by atoms with Crippen LogP contribution in [0, 0.1) is 16.7 Å². The van der Waals surface area contributed by atoms with Gasteiger partial charge in [0, 0.05) is 11.0 Å². The Hall–Kier alpha value is -2.07. The monoisotopic (exact) mass is 351 g/mol. The maximum absolute atomic E-state index is 11.8. The number of carbonyl (C=O) groups excluding carboxylic acids is 1. The predicted octanol–water partition coefficient (Wildman–Crippen LogP) is 2.70. The predicted molar refractivity (Wildman–Crippen MR) is 79.8 cm³/mol. The number of nitrogens with one attached hydrogen (secondary N) is 2. The number of rotatable bonds is 4. The number of urea groups is 1. The molecule has 0 atom stereocenters. The number of aliphatic carboxylic acids is 1. The lowest BCUT2D eigenvalue weighted by molar-refractivity contribution is -0.153. The van der Waals surface area contributed by atoms with Crippen LogP contribution in [-0.4, -0.2) is 23.7 Å². The number of benzene rings is 1. The van der Waals surface area contributed by atoms with Gasteiger partial charge in [-0.2, -0.15) is 5.26 Å². The molecule has 2 amide bonds. The first-order valence-electron chi connectivity index (χ1n) is 6.45. The number of halogens is 1. The second-order valence-electron chi connectivity index (χ2n) is 5.05. The van der Waals surface area contributed by atoms with Gasteiger partial charge in [-0.05, 0) is 47.0 Å². The summed E-state index contributed by atoms with van der Waals surface area (Å²) in [7, 11) is 0. The number of hydrogen-bond donors (Lipinski definition) is 3. The molecule has 1 aromatic rings. The average molecular weight is 352 g/mol. The molecule has 0 radical (unpaired) electrons. The van der Waals surface area contributed by atoms with E-state index in [1.807, 2.05) is 6.07 Å². The van der Waals surface area contributed by atoms with E-state index in [-0.39, 0.29) is 6.54 Å². The Kier molecular flexibility index (Phi) is 4.48. The molecule has 1 aliphatic carbocycles. The van der Waals surface area contributed by atoms with Gasteiger partial charge in [-0.1, -0.05) is 6.42 Å². The number of nitrogens with zero attached hydrogens (tertiary/aromatic N) is 1. The van der Waals surface area contributed by atoms with Gasteiger partial charge < -0.3 is 15.7 Å². The molecule has 0 unspecified atom stereocenters. The molecule has 0 bridgehead atoms. The fourth-order valence-electron chi connectivity index (χ4n) is 2.17. The molecule has 1 fully saturated rings. The third-order valence-electron chi connectivity index (χ3n) is 3.70. The normalized spacial score (nSPS) is 15.4. The third-order valence-corrected chi connectivity index (χ3v) is 4.35. The molecule has 3 N–H and O–H groups in total. The molecule has 1 aliphatic rings. The number of amides is 2. The standard InChI is InChI=1S/C14H14BrN3O3/c15-10-6-9(7-16)2-3-11(10)18-13(21)17-8-14(12(19)20)4-1-5-14/h2-3,6H,1,4-5,8H2,(H,19,20)(H2,17,18,21). The van der Waals surface area contributed by atoms with E-state index in [2.05, 4.69) is 26.6 Å². The molecule has 0 saturated heterocycles. The summed E-state index contributed by atoms with van der Waals surface area (Å²) in [6.45, 7) is 0.113. The summed E-state index contributed by atoms with van der Waals surface area (Å²) in [5.74, 6) is -0.867. The third kappa shape index (κ3) is 3.34. The maximum atomic E-state index is 11.8. The van der Waals surface area contributed by atoms with Crippen LogP contribution in [0.3, 0.4) is 0 Å². The number of carboxylic acids is 1. The second-order valence-corrected chi connectivity index (χ2v) is 5.91. The van der Waals surface area contributed by atoms with E-state index in [1.165, 1.54) is 0 Å². The minimum absolute atomic E-state index is 0.113. The van der Waals surface area contributed by atoms with Gasteiger partial charge in [0.05, 0.1) is 22.7 Å². The molecular weight excluding hydrogens is 338 g/mol. The lowest BCUT2D eigenvalue weighted by atomic mass is 9.69. The van der Waals surface area contributed by atoms with Crippen molar-refractivity contribution >= 4 is 33.6 Å². The smallest absolute Gasteiger partial charge is 0.319 e. The van der Waals surface area contributed by atoms with E-state index in [0.29, 0.717) is 28.6 Å². The summed E-state index contributed by atoms with van der Waals surface area (Å²) in [4.78, 5) is 23.0. The van der Waals surface area contributed by atoms with Gasteiger partial charge in [-0.3, -0.25) is 4.79 Å². The average Bonchev–Trinajstić information content (AvgIpc) is 2.39. The van der Waals surface area contributed by atoms with Crippen molar-refractivity contribution in [3.8, 4) is 6.07 Å². The number of carbonyl (C=O) groups is 2. The van der Waals surface area contributed by atoms with E-state index >= 15 is 0 Å². The molecule has 2 rings (SSSR count). The first-order valence-corrected chi connectivity index (χ1v) is 7.24. The quantitative estimate of drug-likeness (QED) is 0.775. The maximum Gasteiger partial charge on any atom is 0.319 e. The second kappa shape index (κ2) is 6.14. The van der Waals surface area contributed by atoms with Crippen molar-refractivity contribution in [3.05, 3.63) is 28.2 Å². The molecule has 110 valence electrons. The van der Waals surface area contributed by atoms with Crippen molar-refractivity contribution in [3.63, 3.8) is 0 Å². The molecule has 21 heavy (non-hydrogen) atoms. The van der Waals surface area contributed by atoms with Gasteiger partial charge in [0.2, 0.25) is 0 Å². The van der Waals surface area contributed by atoms with Gasteiger partial charge in [0.15, 0.2) is 0 Å². The van der Waals surface area contributed by atoms with E-state index in [1.54, 1.807) is 18.2 Å². The van der Waals surface area contributed by atoms with Gasteiger partial charge in [-0.25, -0.2) is 4.79 Å². The first-order chi connectivity index (χ1) is 9.97. The zero-order valence-electron chi connectivity index (χ0n) is 11.1. The van der Waals surface area contributed by atoms with Crippen molar-refractivity contribution in [2.75, 3.05) is 11.9 Å². The summed E-state index contributed by atoms with van der Waals surface area (Å²) in [5, 5.41) is 23.2. The number of hydrogen-bond acceptors (Lipinski definition) is 3. The fourth-order valence-corrected chi connectivity index (χ4v) is 2.65. The van der Waals surface area contributed by atoms with E-state index in [0.717, 1.165) is 6.42 Å². The molecule has 0 aliphatic heterocycles. The van der Waals surface area contributed by atoms with Crippen molar-refractivity contribution in [2.45, 2.75) is 19.3 Å². The zero-order valence-corrected chi connectivity index (χ0v) is 12.7. The van der Waals surface area contributed by atoms with Crippen LogP contribution in [0.2, 0.25) is 0 Å². The van der Waals surface area contributed by atoms with Crippen LogP contribution in [0.1, 0.15) is 24.8 Å². The highest BCUT2D eigenvalue weighted by atomic mass is 79.9.